The van der Waals surface area contributed by atoms with Gasteiger partial charge in [0.15, 0.2) is 0 Å². The van der Waals surface area contributed by atoms with Gasteiger partial charge in [0.2, 0.25) is 0 Å². The van der Waals surface area contributed by atoms with Crippen LogP contribution in [-0.2, 0) is 0 Å². The van der Waals surface area contributed by atoms with E-state index in [1.807, 2.05) is 0 Å². The molecule has 2 heterocycles. The zero-order chi connectivity index (χ0) is 66.6. The first kappa shape index (κ1) is 60.4. The minimum Gasteiger partial charge on any atom is -0.311 e. The molecular weight excluding hydrogens is 1210 g/mol. The molecule has 4 nitrogen and oxygen atoms in total. The van der Waals surface area contributed by atoms with Crippen LogP contribution in [-0.4, -0.2) is 9.13 Å². The Balaban J connectivity index is 0.000000150. The van der Waals surface area contributed by atoms with Gasteiger partial charge in [-0.2, -0.15) is 0 Å². The predicted molar refractivity (Wildman–Crippen MR) is 424 cm³/mol. The van der Waals surface area contributed by atoms with Crippen molar-refractivity contribution in [1.82, 2.24) is 9.13 Å². The smallest absolute Gasteiger partial charge is 0.0541 e. The molecule has 0 bridgehead atoms. The molecule has 0 spiro atoms. The Kier molecular flexibility index (Phi) is 16.4. The number of anilines is 6. The third-order valence-electron chi connectivity index (χ3n) is 19.2. The van der Waals surface area contributed by atoms with E-state index in [2.05, 4.69) is 431 Å². The largest absolute Gasteiger partial charge is 0.311 e. The van der Waals surface area contributed by atoms with Crippen LogP contribution in [0.25, 0.3) is 122 Å². The summed E-state index contributed by atoms with van der Waals surface area (Å²) in [5, 5.41) is 5.10. The summed E-state index contributed by atoms with van der Waals surface area (Å²) in [6.45, 7) is 0. The monoisotopic (exact) mass is 1280 g/mol. The van der Waals surface area contributed by atoms with Crippen molar-refractivity contribution in [3.8, 4) is 78.1 Å². The standard InChI is InChI=1S/2C48H34N2/c1-3-12-35(13-4-1)37-22-28-41(29-23-37)49(44-17-11-16-40(34-44)36-14-5-2-6-15-36)42-30-24-38(25-31-42)39-26-32-43(33-27-39)50-47-20-9-7-18-45(47)46-19-8-10-21-48(46)50;1-3-11-35(12-4-1)37-19-27-41(28-20-37)49(42-29-21-38(22-30-42)36-13-5-2-6-14-36)43-31-23-39(24-32-43)40-25-33-44(34-26-40)50-47-17-9-7-15-45(47)46-16-8-10-18-48(46)50/h2*1-34H. The van der Waals surface area contributed by atoms with Crippen molar-refractivity contribution >= 4 is 77.7 Å². The maximum atomic E-state index is 2.36. The molecule has 16 aromatic carbocycles. The quantitative estimate of drug-likeness (QED) is 0.108. The van der Waals surface area contributed by atoms with E-state index in [-0.39, 0.29) is 0 Å². The number of para-hydroxylation sites is 4. The molecular formula is C96H68N4. The summed E-state index contributed by atoms with van der Waals surface area (Å²) in [5.41, 5.74) is 28.2. The molecule has 18 aromatic rings. The highest BCUT2D eigenvalue weighted by molar-refractivity contribution is 6.10. The van der Waals surface area contributed by atoms with Gasteiger partial charge >= 0.3 is 0 Å². The molecule has 0 saturated heterocycles. The van der Waals surface area contributed by atoms with Crippen LogP contribution in [0.3, 0.4) is 0 Å². The SMILES string of the molecule is c1ccc(-c2ccc(N(c3ccc(-c4ccc(-n5c6ccccc6c6ccccc65)cc4)cc3)c3cccc(-c4ccccc4)c3)cc2)cc1.c1ccc(-c2ccc(N(c3ccc(-c4ccccc4)cc3)c3ccc(-c4ccc(-n5c6ccccc6c6ccccc65)cc4)cc3)cc2)cc1. The van der Waals surface area contributed by atoms with Gasteiger partial charge < -0.3 is 18.9 Å². The first-order valence-electron chi connectivity index (χ1n) is 34.2. The summed E-state index contributed by atoms with van der Waals surface area (Å²) < 4.78 is 4.73. The Morgan fingerprint density at radius 1 is 0.140 bits per heavy atom. The number of aromatic nitrogens is 2. The molecule has 0 amide bonds. The topological polar surface area (TPSA) is 16.3 Å². The number of hydrogen-bond donors (Lipinski definition) is 0. The van der Waals surface area contributed by atoms with Gasteiger partial charge in [-0.25, -0.2) is 0 Å². The van der Waals surface area contributed by atoms with Gasteiger partial charge in [0.25, 0.3) is 0 Å². The predicted octanol–water partition coefficient (Wildman–Crippen LogP) is 26.5. The lowest BCUT2D eigenvalue weighted by Crippen LogP contribution is -2.10. The third-order valence-corrected chi connectivity index (χ3v) is 19.2. The first-order valence-corrected chi connectivity index (χ1v) is 34.2. The van der Waals surface area contributed by atoms with E-state index in [0.29, 0.717) is 0 Å². The van der Waals surface area contributed by atoms with E-state index in [9.17, 15) is 0 Å². The van der Waals surface area contributed by atoms with Crippen molar-refractivity contribution in [2.75, 3.05) is 9.80 Å². The molecule has 0 atom stereocenters. The van der Waals surface area contributed by atoms with Crippen molar-refractivity contribution in [2.45, 2.75) is 0 Å². The van der Waals surface area contributed by atoms with Crippen molar-refractivity contribution < 1.29 is 0 Å². The highest BCUT2D eigenvalue weighted by atomic mass is 15.1. The Hall–Kier alpha value is -13.3. The normalized spacial score (nSPS) is 11.2. The maximum absolute atomic E-state index is 2.36. The van der Waals surface area contributed by atoms with Gasteiger partial charge in [-0.3, -0.25) is 0 Å². The van der Waals surface area contributed by atoms with Crippen LogP contribution in [0.4, 0.5) is 34.1 Å². The third kappa shape index (κ3) is 12.0. The van der Waals surface area contributed by atoms with Crippen LogP contribution in [0.15, 0.2) is 413 Å². The van der Waals surface area contributed by atoms with Crippen molar-refractivity contribution in [2.24, 2.45) is 0 Å². The van der Waals surface area contributed by atoms with Gasteiger partial charge in [0, 0.05) is 67.0 Å². The van der Waals surface area contributed by atoms with Crippen molar-refractivity contribution in [1.29, 1.82) is 0 Å². The average molecular weight is 1280 g/mol. The first-order chi connectivity index (χ1) is 49.6. The lowest BCUT2D eigenvalue weighted by molar-refractivity contribution is 1.18. The van der Waals surface area contributed by atoms with Gasteiger partial charge in [-0.05, 0) is 188 Å². The van der Waals surface area contributed by atoms with Crippen molar-refractivity contribution in [3.05, 3.63) is 413 Å². The van der Waals surface area contributed by atoms with Gasteiger partial charge in [0.1, 0.15) is 0 Å². The zero-order valence-corrected chi connectivity index (χ0v) is 55.0. The van der Waals surface area contributed by atoms with Gasteiger partial charge in [-0.15, -0.1) is 0 Å². The fraction of sp³-hybridized carbons (Fsp3) is 0. The minimum absolute atomic E-state index is 1.10. The molecule has 0 fully saturated rings. The molecule has 18 rings (SSSR count). The maximum Gasteiger partial charge on any atom is 0.0541 e. The molecule has 0 N–H and O–H groups in total. The Morgan fingerprint density at radius 3 is 0.610 bits per heavy atom. The summed E-state index contributed by atoms with van der Waals surface area (Å²) in [5.74, 6) is 0. The van der Waals surface area contributed by atoms with Crippen LogP contribution < -0.4 is 9.80 Å². The molecule has 0 radical (unpaired) electrons. The van der Waals surface area contributed by atoms with Crippen LogP contribution >= 0.6 is 0 Å². The molecule has 0 saturated carbocycles. The van der Waals surface area contributed by atoms with E-state index < -0.39 is 0 Å². The van der Waals surface area contributed by atoms with Crippen LogP contribution in [0, 0.1) is 0 Å². The molecule has 0 unspecified atom stereocenters. The Labute approximate surface area is 583 Å². The summed E-state index contributed by atoms with van der Waals surface area (Å²) in [4.78, 5) is 4.68. The number of hydrogen-bond acceptors (Lipinski definition) is 2. The Bertz CT molecular complexity index is 5620. The van der Waals surface area contributed by atoms with Crippen LogP contribution in [0.2, 0.25) is 0 Å². The van der Waals surface area contributed by atoms with Crippen molar-refractivity contribution in [3.63, 3.8) is 0 Å². The van der Waals surface area contributed by atoms with E-state index in [1.54, 1.807) is 0 Å². The van der Waals surface area contributed by atoms with Gasteiger partial charge in [-0.1, -0.05) is 291 Å². The lowest BCUT2D eigenvalue weighted by Gasteiger charge is -2.26. The van der Waals surface area contributed by atoms with E-state index in [4.69, 9.17) is 0 Å². The lowest BCUT2D eigenvalue weighted by atomic mass is 10.0. The fourth-order valence-corrected chi connectivity index (χ4v) is 14.3. The zero-order valence-electron chi connectivity index (χ0n) is 55.0. The molecule has 2 aromatic heterocycles. The number of nitrogens with zero attached hydrogens (tertiary/aromatic N) is 4. The molecule has 472 valence electrons. The molecule has 0 aliphatic carbocycles. The van der Waals surface area contributed by atoms with Gasteiger partial charge in [0.05, 0.1) is 22.1 Å². The van der Waals surface area contributed by atoms with E-state index in [1.165, 1.54) is 110 Å². The highest BCUT2D eigenvalue weighted by Crippen LogP contribution is 2.42. The second-order valence-electron chi connectivity index (χ2n) is 25.3. The summed E-state index contributed by atoms with van der Waals surface area (Å²) in [6, 6.07) is 148. The number of benzene rings is 16. The fourth-order valence-electron chi connectivity index (χ4n) is 14.3. The van der Waals surface area contributed by atoms with Crippen LogP contribution in [0.1, 0.15) is 0 Å². The summed E-state index contributed by atoms with van der Waals surface area (Å²) in [7, 11) is 0. The van der Waals surface area contributed by atoms with Crippen LogP contribution in [0.5, 0.6) is 0 Å². The highest BCUT2D eigenvalue weighted by Gasteiger charge is 2.19. The summed E-state index contributed by atoms with van der Waals surface area (Å²) in [6.07, 6.45) is 0. The summed E-state index contributed by atoms with van der Waals surface area (Å²) >= 11 is 0. The molecule has 4 heteroatoms. The second-order valence-corrected chi connectivity index (χ2v) is 25.3. The average Bonchev–Trinajstić information content (AvgIpc) is 1.59. The molecule has 0 aliphatic rings. The number of fused-ring (bicyclic) bond motifs is 6. The Morgan fingerprint density at radius 2 is 0.340 bits per heavy atom. The molecule has 100 heavy (non-hydrogen) atoms. The van der Waals surface area contributed by atoms with E-state index >= 15 is 0 Å². The number of rotatable bonds is 14. The minimum atomic E-state index is 1.10. The second kappa shape index (κ2) is 27.1. The molecule has 0 aliphatic heterocycles. The van der Waals surface area contributed by atoms with E-state index in [0.717, 1.165) is 45.5 Å².